The summed E-state index contributed by atoms with van der Waals surface area (Å²) in [6.45, 7) is 2.53. The molecule has 3 rings (SSSR count). The summed E-state index contributed by atoms with van der Waals surface area (Å²) in [7, 11) is 3.19. The second-order valence-corrected chi connectivity index (χ2v) is 5.57. The molecule has 1 aliphatic rings. The highest BCUT2D eigenvalue weighted by molar-refractivity contribution is 5.96. The third-order valence-electron chi connectivity index (χ3n) is 4.19. The zero-order valence-electron chi connectivity index (χ0n) is 14.1. The van der Waals surface area contributed by atoms with E-state index in [1.54, 1.807) is 14.2 Å². The Kier molecular flexibility index (Phi) is 4.60. The van der Waals surface area contributed by atoms with Gasteiger partial charge in [-0.05, 0) is 24.6 Å². The van der Waals surface area contributed by atoms with Gasteiger partial charge in [-0.1, -0.05) is 18.2 Å². The maximum absolute atomic E-state index is 12.2. The summed E-state index contributed by atoms with van der Waals surface area (Å²) in [6.07, 6.45) is 0.368. The van der Waals surface area contributed by atoms with E-state index in [4.69, 9.17) is 14.2 Å². The first-order valence-corrected chi connectivity index (χ1v) is 7.95. The predicted molar refractivity (Wildman–Crippen MR) is 92.2 cm³/mol. The first-order valence-electron chi connectivity index (χ1n) is 7.95. The molecule has 1 aliphatic heterocycles. The molecule has 0 unspecified atom stereocenters. The molecular formula is C19H21NO4. The van der Waals surface area contributed by atoms with E-state index in [0.29, 0.717) is 24.5 Å². The summed E-state index contributed by atoms with van der Waals surface area (Å²) in [5.41, 5.74) is 2.75. The van der Waals surface area contributed by atoms with Crippen LogP contribution >= 0.6 is 0 Å². The average molecular weight is 327 g/mol. The normalized spacial score (nSPS) is 16.1. The molecule has 24 heavy (non-hydrogen) atoms. The lowest BCUT2D eigenvalue weighted by Crippen LogP contribution is -2.24. The first kappa shape index (κ1) is 16.2. The van der Waals surface area contributed by atoms with Crippen molar-refractivity contribution in [1.29, 1.82) is 0 Å². The van der Waals surface area contributed by atoms with E-state index in [9.17, 15) is 4.79 Å². The minimum absolute atomic E-state index is 0.0222. The minimum Gasteiger partial charge on any atom is -0.494 e. The van der Waals surface area contributed by atoms with Crippen LogP contribution in [0.4, 0.5) is 5.69 Å². The number of nitrogens with one attached hydrogen (secondary N) is 1. The Labute approximate surface area is 141 Å². The van der Waals surface area contributed by atoms with Crippen molar-refractivity contribution in [3.05, 3.63) is 47.5 Å². The number of rotatable bonds is 5. The molecule has 126 valence electrons. The van der Waals surface area contributed by atoms with Crippen LogP contribution in [0, 0.1) is 0 Å². The summed E-state index contributed by atoms with van der Waals surface area (Å²) in [4.78, 5) is 12.2. The lowest BCUT2D eigenvalue weighted by molar-refractivity contribution is -0.116. The van der Waals surface area contributed by atoms with Crippen molar-refractivity contribution in [2.75, 3.05) is 26.1 Å². The summed E-state index contributed by atoms with van der Waals surface area (Å²) >= 11 is 0. The fourth-order valence-corrected chi connectivity index (χ4v) is 3.12. The van der Waals surface area contributed by atoms with E-state index in [0.717, 1.165) is 22.6 Å². The van der Waals surface area contributed by atoms with E-state index < -0.39 is 0 Å². The van der Waals surface area contributed by atoms with Crippen molar-refractivity contribution in [1.82, 2.24) is 0 Å². The number of ether oxygens (including phenoxy) is 3. The van der Waals surface area contributed by atoms with Gasteiger partial charge in [0.05, 0.1) is 20.8 Å². The molecule has 1 heterocycles. The number of hydrogen-bond donors (Lipinski definition) is 1. The number of carbonyl (C=O) groups excluding carboxylic acids is 1. The first-order chi connectivity index (χ1) is 11.7. The number of carbonyl (C=O) groups is 1. The van der Waals surface area contributed by atoms with Crippen LogP contribution < -0.4 is 19.5 Å². The molecule has 0 spiro atoms. The topological polar surface area (TPSA) is 56.8 Å². The largest absolute Gasteiger partial charge is 0.494 e. The zero-order chi connectivity index (χ0) is 17.1. The van der Waals surface area contributed by atoms with Gasteiger partial charge in [0.2, 0.25) is 5.91 Å². The van der Waals surface area contributed by atoms with Crippen LogP contribution in [0.1, 0.15) is 30.4 Å². The number of fused-ring (bicyclic) bond motifs is 1. The fraction of sp³-hybridized carbons (Fsp3) is 0.316. The predicted octanol–water partition coefficient (Wildman–Crippen LogP) is 3.58. The van der Waals surface area contributed by atoms with Gasteiger partial charge in [-0.15, -0.1) is 0 Å². The van der Waals surface area contributed by atoms with Gasteiger partial charge in [0, 0.05) is 29.7 Å². The van der Waals surface area contributed by atoms with Crippen molar-refractivity contribution in [2.45, 2.75) is 19.3 Å². The second-order valence-electron chi connectivity index (χ2n) is 5.57. The molecule has 0 aliphatic carbocycles. The fourth-order valence-electron chi connectivity index (χ4n) is 3.12. The second kappa shape index (κ2) is 6.83. The highest BCUT2D eigenvalue weighted by atomic mass is 16.5. The molecule has 0 saturated heterocycles. The Hall–Kier alpha value is -2.69. The van der Waals surface area contributed by atoms with Gasteiger partial charge in [0.25, 0.3) is 0 Å². The van der Waals surface area contributed by atoms with E-state index in [-0.39, 0.29) is 11.8 Å². The molecule has 1 N–H and O–H groups in total. The Balaban J connectivity index is 2.13. The Morgan fingerprint density at radius 1 is 1.04 bits per heavy atom. The highest BCUT2D eigenvalue weighted by Gasteiger charge is 2.30. The maximum atomic E-state index is 12.2. The van der Waals surface area contributed by atoms with Gasteiger partial charge < -0.3 is 19.5 Å². The monoisotopic (exact) mass is 327 g/mol. The van der Waals surface area contributed by atoms with Crippen molar-refractivity contribution in [3.8, 4) is 17.2 Å². The van der Waals surface area contributed by atoms with Gasteiger partial charge in [-0.25, -0.2) is 0 Å². The lowest BCUT2D eigenvalue weighted by Gasteiger charge is -2.28. The molecular weight excluding hydrogens is 306 g/mol. The van der Waals surface area contributed by atoms with E-state index >= 15 is 0 Å². The molecule has 1 atom stereocenters. The van der Waals surface area contributed by atoms with Gasteiger partial charge >= 0.3 is 0 Å². The molecule has 0 fully saturated rings. The number of methoxy groups -OCH3 is 2. The number of amides is 1. The van der Waals surface area contributed by atoms with E-state index in [1.807, 2.05) is 43.3 Å². The summed E-state index contributed by atoms with van der Waals surface area (Å²) < 4.78 is 16.5. The lowest BCUT2D eigenvalue weighted by atomic mass is 9.84. The third kappa shape index (κ3) is 2.89. The van der Waals surface area contributed by atoms with Crippen LogP contribution in [0.15, 0.2) is 36.4 Å². The molecule has 0 saturated carbocycles. The van der Waals surface area contributed by atoms with Gasteiger partial charge in [-0.3, -0.25) is 4.79 Å². The Morgan fingerprint density at radius 3 is 2.46 bits per heavy atom. The Bertz CT molecular complexity index is 757. The van der Waals surface area contributed by atoms with Gasteiger partial charge in [0.15, 0.2) is 11.5 Å². The Morgan fingerprint density at radius 2 is 1.75 bits per heavy atom. The van der Waals surface area contributed by atoms with Crippen LogP contribution in [0.2, 0.25) is 0 Å². The zero-order valence-corrected chi connectivity index (χ0v) is 14.1. The van der Waals surface area contributed by atoms with E-state index in [2.05, 4.69) is 5.32 Å². The van der Waals surface area contributed by atoms with Crippen molar-refractivity contribution in [3.63, 3.8) is 0 Å². The molecule has 0 radical (unpaired) electrons. The molecule has 0 aromatic heterocycles. The smallest absolute Gasteiger partial charge is 0.225 e. The van der Waals surface area contributed by atoms with Crippen molar-refractivity contribution >= 4 is 11.6 Å². The SMILES string of the molecule is CCOc1ccccc1[C@@H]1CC(=O)Nc2cc(OC)c(OC)cc21. The molecule has 5 nitrogen and oxygen atoms in total. The molecule has 1 amide bonds. The minimum atomic E-state index is -0.0868. The number of anilines is 1. The van der Waals surface area contributed by atoms with Crippen LogP contribution in [0.25, 0.3) is 0 Å². The highest BCUT2D eigenvalue weighted by Crippen LogP contribution is 2.44. The standard InChI is InChI=1S/C19H21NO4/c1-4-24-16-8-6-5-7-12(16)13-10-19(21)20-15-11-18(23-3)17(22-2)9-14(13)15/h5-9,11,13H,4,10H2,1-3H3,(H,20,21)/t13-/m0/s1. The number of para-hydroxylation sites is 1. The molecule has 5 heteroatoms. The van der Waals surface area contributed by atoms with Crippen LogP contribution in [0.3, 0.4) is 0 Å². The molecule has 2 aromatic rings. The van der Waals surface area contributed by atoms with Gasteiger partial charge in [-0.2, -0.15) is 0 Å². The molecule has 2 aromatic carbocycles. The quantitative estimate of drug-likeness (QED) is 0.912. The number of hydrogen-bond acceptors (Lipinski definition) is 4. The number of benzene rings is 2. The summed E-state index contributed by atoms with van der Waals surface area (Å²) in [5.74, 6) is 1.93. The van der Waals surface area contributed by atoms with Crippen molar-refractivity contribution in [2.24, 2.45) is 0 Å². The van der Waals surface area contributed by atoms with Crippen LogP contribution in [-0.2, 0) is 4.79 Å². The third-order valence-corrected chi connectivity index (χ3v) is 4.19. The molecule has 0 bridgehead atoms. The summed E-state index contributed by atoms with van der Waals surface area (Å²) in [6, 6.07) is 11.6. The van der Waals surface area contributed by atoms with Gasteiger partial charge in [0.1, 0.15) is 5.75 Å². The average Bonchev–Trinajstić information content (AvgIpc) is 2.60. The van der Waals surface area contributed by atoms with E-state index in [1.165, 1.54) is 0 Å². The maximum Gasteiger partial charge on any atom is 0.225 e. The summed E-state index contributed by atoms with van der Waals surface area (Å²) in [5, 5.41) is 2.92. The van der Waals surface area contributed by atoms with Crippen LogP contribution in [-0.4, -0.2) is 26.7 Å². The van der Waals surface area contributed by atoms with Crippen molar-refractivity contribution < 1.29 is 19.0 Å². The van der Waals surface area contributed by atoms with Crippen LogP contribution in [0.5, 0.6) is 17.2 Å².